The monoisotopic (exact) mass is 282 g/mol. The molecule has 0 radical (unpaired) electrons. The van der Waals surface area contributed by atoms with Crippen LogP contribution in [0.3, 0.4) is 0 Å². The highest BCUT2D eigenvalue weighted by Crippen LogP contribution is 2.65. The van der Waals surface area contributed by atoms with E-state index >= 15 is 0 Å². The quantitative estimate of drug-likeness (QED) is 0.881. The molecule has 1 heterocycles. The summed E-state index contributed by atoms with van der Waals surface area (Å²) in [5.74, 6) is 1.08. The maximum atomic E-state index is 6.02. The minimum Gasteiger partial charge on any atom is -0.399 e. The molecule has 4 nitrogen and oxygen atoms in total. The van der Waals surface area contributed by atoms with Crippen molar-refractivity contribution in [1.82, 2.24) is 14.8 Å². The van der Waals surface area contributed by atoms with Crippen LogP contribution in [0.5, 0.6) is 0 Å². The number of nitrogen functional groups attached to an aromatic ring is 1. The molecule has 4 heteroatoms. The third-order valence-electron chi connectivity index (χ3n) is 5.64. The van der Waals surface area contributed by atoms with Crippen LogP contribution in [0.25, 0.3) is 0 Å². The number of benzene rings is 1. The normalized spacial score (nSPS) is 21.8. The van der Waals surface area contributed by atoms with Gasteiger partial charge < -0.3 is 10.3 Å². The first kappa shape index (κ1) is 12.9. The zero-order valence-electron chi connectivity index (χ0n) is 12.5. The third-order valence-corrected chi connectivity index (χ3v) is 5.64. The number of hydrogen-bond acceptors (Lipinski definition) is 3. The van der Waals surface area contributed by atoms with Crippen LogP contribution in [-0.4, -0.2) is 14.8 Å². The number of hydrogen-bond donors (Lipinski definition) is 1. The lowest BCUT2D eigenvalue weighted by atomic mass is 9.43. The summed E-state index contributed by atoms with van der Waals surface area (Å²) in [4.78, 5) is 0. The number of nitrogens with zero attached hydrogens (tertiary/aromatic N) is 3. The Hall–Kier alpha value is -1.84. The van der Waals surface area contributed by atoms with Gasteiger partial charge in [-0.1, -0.05) is 18.6 Å². The fourth-order valence-electron chi connectivity index (χ4n) is 4.48. The van der Waals surface area contributed by atoms with Gasteiger partial charge in [0.25, 0.3) is 0 Å². The molecule has 0 atom stereocenters. The molecule has 2 fully saturated rings. The molecule has 2 aliphatic carbocycles. The Bertz CT molecular complexity index is 661. The van der Waals surface area contributed by atoms with Gasteiger partial charge in [0.15, 0.2) is 0 Å². The van der Waals surface area contributed by atoms with Crippen LogP contribution in [0.1, 0.15) is 43.5 Å². The molecule has 110 valence electrons. The van der Waals surface area contributed by atoms with Crippen molar-refractivity contribution in [3.63, 3.8) is 0 Å². The van der Waals surface area contributed by atoms with E-state index in [9.17, 15) is 0 Å². The van der Waals surface area contributed by atoms with Crippen LogP contribution in [0.15, 0.2) is 30.6 Å². The Morgan fingerprint density at radius 2 is 2.10 bits per heavy atom. The summed E-state index contributed by atoms with van der Waals surface area (Å²) in [5.41, 5.74) is 9.08. The molecule has 0 unspecified atom stereocenters. The van der Waals surface area contributed by atoms with Gasteiger partial charge in [-0.05, 0) is 48.8 Å². The van der Waals surface area contributed by atoms with E-state index in [1.807, 2.05) is 17.7 Å². The first-order valence-electron chi connectivity index (χ1n) is 7.80. The number of anilines is 1. The second-order valence-electron chi connectivity index (χ2n) is 7.15. The van der Waals surface area contributed by atoms with E-state index in [-0.39, 0.29) is 5.41 Å². The summed E-state index contributed by atoms with van der Waals surface area (Å²) >= 11 is 0. The van der Waals surface area contributed by atoms with Crippen LogP contribution in [0.2, 0.25) is 0 Å². The highest BCUT2D eigenvalue weighted by atomic mass is 15.2. The van der Waals surface area contributed by atoms with E-state index in [1.54, 1.807) is 6.33 Å². The smallest absolute Gasteiger partial charge is 0.133 e. The first-order valence-corrected chi connectivity index (χ1v) is 7.80. The van der Waals surface area contributed by atoms with Gasteiger partial charge in [-0.15, -0.1) is 10.2 Å². The van der Waals surface area contributed by atoms with Crippen molar-refractivity contribution in [3.8, 4) is 0 Å². The van der Waals surface area contributed by atoms with E-state index in [4.69, 9.17) is 5.73 Å². The molecule has 0 bridgehead atoms. The lowest BCUT2D eigenvalue weighted by molar-refractivity contribution is -0.0500. The molecular formula is C17H22N4. The standard InChI is InChI=1S/C17H22N4/c1-21-12-19-20-15(21)9-17(10-16(11-17)6-3-7-16)13-4-2-5-14(18)8-13/h2,4-5,8,12H,3,6-7,9-11,18H2,1H3. The molecule has 2 saturated carbocycles. The van der Waals surface area contributed by atoms with Crippen molar-refractivity contribution < 1.29 is 0 Å². The van der Waals surface area contributed by atoms with Crippen molar-refractivity contribution >= 4 is 5.69 Å². The van der Waals surface area contributed by atoms with Gasteiger partial charge in [0.2, 0.25) is 0 Å². The molecular weight excluding hydrogens is 260 g/mol. The van der Waals surface area contributed by atoms with Crippen LogP contribution < -0.4 is 5.73 Å². The highest BCUT2D eigenvalue weighted by Gasteiger charge is 2.57. The predicted octanol–water partition coefficient (Wildman–Crippen LogP) is 2.84. The molecule has 4 rings (SSSR count). The van der Waals surface area contributed by atoms with Crippen LogP contribution in [-0.2, 0) is 18.9 Å². The zero-order chi connectivity index (χ0) is 14.5. The molecule has 2 aromatic rings. The fourth-order valence-corrected chi connectivity index (χ4v) is 4.48. The average Bonchev–Trinajstić information content (AvgIpc) is 2.76. The Morgan fingerprint density at radius 1 is 1.29 bits per heavy atom. The topological polar surface area (TPSA) is 56.7 Å². The second kappa shape index (κ2) is 4.33. The zero-order valence-corrected chi connectivity index (χ0v) is 12.5. The Kier molecular flexibility index (Phi) is 2.65. The minimum atomic E-state index is 0.205. The van der Waals surface area contributed by atoms with Crippen LogP contribution in [0.4, 0.5) is 5.69 Å². The summed E-state index contributed by atoms with van der Waals surface area (Å²) in [6.45, 7) is 0. The summed E-state index contributed by atoms with van der Waals surface area (Å²) in [7, 11) is 2.03. The maximum Gasteiger partial charge on any atom is 0.133 e. The van der Waals surface area contributed by atoms with E-state index < -0.39 is 0 Å². The maximum absolute atomic E-state index is 6.02. The largest absolute Gasteiger partial charge is 0.399 e. The molecule has 1 aromatic heterocycles. The lowest BCUT2D eigenvalue weighted by Gasteiger charge is -2.61. The van der Waals surface area contributed by atoms with E-state index in [2.05, 4.69) is 28.4 Å². The lowest BCUT2D eigenvalue weighted by Crippen LogP contribution is -2.54. The van der Waals surface area contributed by atoms with Crippen molar-refractivity contribution in [3.05, 3.63) is 42.0 Å². The number of aryl methyl sites for hydroxylation is 1. The van der Waals surface area contributed by atoms with Crippen LogP contribution >= 0.6 is 0 Å². The van der Waals surface area contributed by atoms with Crippen molar-refractivity contribution in [2.24, 2.45) is 12.5 Å². The summed E-state index contributed by atoms with van der Waals surface area (Å²) in [6, 6.07) is 8.44. The summed E-state index contributed by atoms with van der Waals surface area (Å²) < 4.78 is 2.04. The SMILES string of the molecule is Cn1cnnc1CC1(c2cccc(N)c2)CC2(CCC2)C1. The van der Waals surface area contributed by atoms with Gasteiger partial charge in [0.1, 0.15) is 12.2 Å². The number of nitrogens with two attached hydrogens (primary N) is 1. The molecule has 2 aliphatic rings. The molecule has 0 aliphatic heterocycles. The van der Waals surface area contributed by atoms with Crippen LogP contribution in [0, 0.1) is 5.41 Å². The highest BCUT2D eigenvalue weighted by molar-refractivity contribution is 5.45. The molecule has 0 amide bonds. The van der Waals surface area contributed by atoms with Crippen molar-refractivity contribution in [2.45, 2.75) is 43.9 Å². The fraction of sp³-hybridized carbons (Fsp3) is 0.529. The summed E-state index contributed by atoms with van der Waals surface area (Å²) in [6.07, 6.45) is 9.50. The first-order chi connectivity index (χ1) is 10.1. The van der Waals surface area contributed by atoms with E-state index in [1.165, 1.54) is 37.7 Å². The molecule has 2 N–H and O–H groups in total. The number of aromatic nitrogens is 3. The number of rotatable bonds is 3. The van der Waals surface area contributed by atoms with Gasteiger partial charge in [0, 0.05) is 24.6 Å². The predicted molar refractivity (Wildman–Crippen MR) is 82.8 cm³/mol. The van der Waals surface area contributed by atoms with Gasteiger partial charge in [-0.25, -0.2) is 0 Å². The average molecular weight is 282 g/mol. The van der Waals surface area contributed by atoms with Gasteiger partial charge in [0.05, 0.1) is 0 Å². The third kappa shape index (κ3) is 1.96. The molecule has 1 spiro atoms. The van der Waals surface area contributed by atoms with E-state index in [0.29, 0.717) is 5.41 Å². The molecule has 1 aromatic carbocycles. The second-order valence-corrected chi connectivity index (χ2v) is 7.15. The molecule has 21 heavy (non-hydrogen) atoms. The Labute approximate surface area is 125 Å². The Balaban J connectivity index is 1.68. The van der Waals surface area contributed by atoms with Gasteiger partial charge in [-0.2, -0.15) is 0 Å². The van der Waals surface area contributed by atoms with Crippen molar-refractivity contribution in [1.29, 1.82) is 0 Å². The van der Waals surface area contributed by atoms with Crippen molar-refractivity contribution in [2.75, 3.05) is 5.73 Å². The van der Waals surface area contributed by atoms with E-state index in [0.717, 1.165) is 17.9 Å². The van der Waals surface area contributed by atoms with Gasteiger partial charge in [-0.3, -0.25) is 0 Å². The summed E-state index contributed by atoms with van der Waals surface area (Å²) in [5, 5.41) is 8.34. The molecule has 0 saturated heterocycles. The minimum absolute atomic E-state index is 0.205. The van der Waals surface area contributed by atoms with Gasteiger partial charge >= 0.3 is 0 Å². The Morgan fingerprint density at radius 3 is 2.67 bits per heavy atom.